The maximum Gasteiger partial charge on any atom is 0.364 e. The van der Waals surface area contributed by atoms with Gasteiger partial charge in [0.05, 0.1) is 0 Å². The second kappa shape index (κ2) is 6.15. The van der Waals surface area contributed by atoms with Crippen molar-refractivity contribution in [1.82, 2.24) is 19.8 Å². The maximum atomic E-state index is 11.3. The smallest absolute Gasteiger partial charge is 0.364 e. The fraction of sp³-hybridized carbons (Fsp3) is 0.545. The van der Waals surface area contributed by atoms with E-state index in [-0.39, 0.29) is 12.3 Å². The first-order chi connectivity index (χ1) is 8.81. The van der Waals surface area contributed by atoms with Crippen molar-refractivity contribution in [2.75, 3.05) is 18.5 Å². The number of H-pyrrole nitrogens is 1. The molecule has 0 radical (unpaired) electrons. The van der Waals surface area contributed by atoms with Crippen molar-refractivity contribution in [3.63, 3.8) is 0 Å². The van der Waals surface area contributed by atoms with Crippen LogP contribution in [-0.2, 0) is 0 Å². The molecule has 0 saturated heterocycles. The quantitative estimate of drug-likeness (QED) is 0.618. The molecule has 0 aliphatic carbocycles. The van der Waals surface area contributed by atoms with Crippen LogP contribution in [-0.4, -0.2) is 38.1 Å². The minimum Gasteiger partial charge on any atom is -0.396 e. The predicted molar refractivity (Wildman–Crippen MR) is 67.7 cm³/mol. The number of aromatic nitrogens is 4. The van der Waals surface area contributed by atoms with Gasteiger partial charge in [-0.25, -0.2) is 9.89 Å². The number of fused-ring (bicyclic) bond motifs is 1. The molecule has 18 heavy (non-hydrogen) atoms. The lowest BCUT2D eigenvalue weighted by molar-refractivity contribution is 0.283. The van der Waals surface area contributed by atoms with E-state index in [0.29, 0.717) is 11.5 Å². The zero-order valence-electron chi connectivity index (χ0n) is 10.1. The van der Waals surface area contributed by atoms with Crippen molar-refractivity contribution < 1.29 is 5.11 Å². The highest BCUT2D eigenvalue weighted by Crippen LogP contribution is 2.04. The van der Waals surface area contributed by atoms with Crippen molar-refractivity contribution in [2.45, 2.75) is 25.7 Å². The summed E-state index contributed by atoms with van der Waals surface area (Å²) < 4.78 is 1.23. The number of unbranched alkanes of at least 4 members (excludes halogenated alkanes) is 3. The van der Waals surface area contributed by atoms with E-state index in [1.807, 2.05) is 0 Å². The van der Waals surface area contributed by atoms with Crippen LogP contribution in [0.1, 0.15) is 25.7 Å². The van der Waals surface area contributed by atoms with Gasteiger partial charge >= 0.3 is 5.69 Å². The second-order valence-electron chi connectivity index (χ2n) is 4.08. The molecule has 0 bridgehead atoms. The number of hydrogen-bond donors (Lipinski definition) is 3. The lowest BCUT2D eigenvalue weighted by atomic mass is 10.2. The van der Waals surface area contributed by atoms with Crippen LogP contribution in [0.3, 0.4) is 0 Å². The van der Waals surface area contributed by atoms with E-state index >= 15 is 0 Å². The second-order valence-corrected chi connectivity index (χ2v) is 4.08. The minimum atomic E-state index is -0.336. The Morgan fingerprint density at radius 1 is 1.28 bits per heavy atom. The summed E-state index contributed by atoms with van der Waals surface area (Å²) in [4.78, 5) is 11.3. The summed E-state index contributed by atoms with van der Waals surface area (Å²) in [5.41, 5.74) is 0.171. The van der Waals surface area contributed by atoms with E-state index in [1.165, 1.54) is 4.52 Å². The van der Waals surface area contributed by atoms with Crippen LogP contribution in [0.4, 0.5) is 5.82 Å². The van der Waals surface area contributed by atoms with Gasteiger partial charge in [-0.2, -0.15) is 9.61 Å². The SMILES string of the molecule is O=c1[nH]nc2ccc(NCCCCCCO)nn12. The summed E-state index contributed by atoms with van der Waals surface area (Å²) in [6, 6.07) is 3.53. The Morgan fingerprint density at radius 3 is 2.94 bits per heavy atom. The molecular formula is C11H17N5O2. The highest BCUT2D eigenvalue weighted by atomic mass is 16.2. The van der Waals surface area contributed by atoms with Gasteiger partial charge in [0.2, 0.25) is 0 Å². The van der Waals surface area contributed by atoms with Crippen LogP contribution in [0, 0.1) is 0 Å². The summed E-state index contributed by atoms with van der Waals surface area (Å²) in [6.07, 6.45) is 3.97. The standard InChI is InChI=1S/C11H17N5O2/c17-8-4-2-1-3-7-12-9-5-6-10-13-14-11(18)16(10)15-9/h5-6,17H,1-4,7-8H2,(H,12,15)(H,14,18). The van der Waals surface area contributed by atoms with Crippen molar-refractivity contribution in [3.8, 4) is 0 Å². The molecule has 0 aliphatic heterocycles. The third kappa shape index (κ3) is 3.07. The van der Waals surface area contributed by atoms with Crippen LogP contribution < -0.4 is 11.0 Å². The molecule has 98 valence electrons. The minimum absolute atomic E-state index is 0.259. The molecule has 2 heterocycles. The monoisotopic (exact) mass is 251 g/mol. The highest BCUT2D eigenvalue weighted by Gasteiger charge is 2.01. The summed E-state index contributed by atoms with van der Waals surface area (Å²) in [6.45, 7) is 1.06. The molecule has 0 unspecified atom stereocenters. The number of rotatable bonds is 7. The van der Waals surface area contributed by atoms with E-state index in [2.05, 4.69) is 20.6 Å². The van der Waals surface area contributed by atoms with Crippen LogP contribution in [0.25, 0.3) is 5.65 Å². The molecule has 0 saturated carbocycles. The number of aromatic amines is 1. The number of nitrogens with zero attached hydrogens (tertiary/aromatic N) is 3. The van der Waals surface area contributed by atoms with Gasteiger partial charge in [0.25, 0.3) is 0 Å². The average Bonchev–Trinajstić information content (AvgIpc) is 2.75. The van der Waals surface area contributed by atoms with E-state index in [4.69, 9.17) is 5.11 Å². The number of aliphatic hydroxyl groups excluding tert-OH is 1. The lowest BCUT2D eigenvalue weighted by Gasteiger charge is -2.04. The molecular weight excluding hydrogens is 234 g/mol. The molecule has 3 N–H and O–H groups in total. The fourth-order valence-electron chi connectivity index (χ4n) is 1.70. The predicted octanol–water partition coefficient (Wildman–Crippen LogP) is 0.382. The van der Waals surface area contributed by atoms with E-state index < -0.39 is 0 Å². The van der Waals surface area contributed by atoms with Gasteiger partial charge in [-0.1, -0.05) is 12.8 Å². The molecule has 0 fully saturated rings. The van der Waals surface area contributed by atoms with Crippen molar-refractivity contribution in [2.24, 2.45) is 0 Å². The van der Waals surface area contributed by atoms with Crippen molar-refractivity contribution in [3.05, 3.63) is 22.6 Å². The van der Waals surface area contributed by atoms with Crippen LogP contribution in [0.15, 0.2) is 16.9 Å². The third-order valence-corrected chi connectivity index (χ3v) is 2.66. The molecule has 0 spiro atoms. The van der Waals surface area contributed by atoms with Gasteiger partial charge in [-0.15, -0.1) is 5.10 Å². The van der Waals surface area contributed by atoms with E-state index in [0.717, 1.165) is 32.2 Å². The Morgan fingerprint density at radius 2 is 2.11 bits per heavy atom. The topological polar surface area (TPSA) is 95.3 Å². The summed E-state index contributed by atoms with van der Waals surface area (Å²) in [5, 5.41) is 22.1. The lowest BCUT2D eigenvalue weighted by Crippen LogP contribution is -2.14. The Hall–Kier alpha value is -1.89. The molecule has 0 aliphatic rings. The van der Waals surface area contributed by atoms with Crippen LogP contribution >= 0.6 is 0 Å². The largest absolute Gasteiger partial charge is 0.396 e. The van der Waals surface area contributed by atoms with Gasteiger partial charge in [-0.3, -0.25) is 0 Å². The average molecular weight is 251 g/mol. The van der Waals surface area contributed by atoms with Crippen LogP contribution in [0.5, 0.6) is 0 Å². The molecule has 0 atom stereocenters. The van der Waals surface area contributed by atoms with Gasteiger partial charge in [0, 0.05) is 13.2 Å². The first-order valence-corrected chi connectivity index (χ1v) is 6.10. The highest BCUT2D eigenvalue weighted by molar-refractivity contribution is 5.42. The summed E-state index contributed by atoms with van der Waals surface area (Å²) in [5.74, 6) is 0.660. The number of anilines is 1. The third-order valence-electron chi connectivity index (χ3n) is 2.66. The molecule has 2 rings (SSSR count). The zero-order valence-corrected chi connectivity index (χ0v) is 10.1. The van der Waals surface area contributed by atoms with Gasteiger partial charge in [0.15, 0.2) is 5.65 Å². The molecule has 7 nitrogen and oxygen atoms in total. The Balaban J connectivity index is 1.84. The van der Waals surface area contributed by atoms with Gasteiger partial charge in [-0.05, 0) is 25.0 Å². The fourth-order valence-corrected chi connectivity index (χ4v) is 1.70. The summed E-state index contributed by atoms with van der Waals surface area (Å²) in [7, 11) is 0. The molecule has 0 amide bonds. The maximum absolute atomic E-state index is 11.3. The molecule has 0 aromatic carbocycles. The summed E-state index contributed by atoms with van der Waals surface area (Å²) >= 11 is 0. The zero-order chi connectivity index (χ0) is 12.8. The number of nitrogens with one attached hydrogen (secondary N) is 2. The Bertz CT molecular complexity index is 548. The first kappa shape index (κ1) is 12.6. The van der Waals surface area contributed by atoms with Gasteiger partial charge < -0.3 is 10.4 Å². The van der Waals surface area contributed by atoms with E-state index in [9.17, 15) is 4.79 Å². The molecule has 7 heteroatoms. The van der Waals surface area contributed by atoms with Crippen molar-refractivity contribution >= 4 is 11.5 Å². The van der Waals surface area contributed by atoms with E-state index in [1.54, 1.807) is 12.1 Å². The molecule has 2 aromatic rings. The molecule has 2 aromatic heterocycles. The Labute approximate surface area is 104 Å². The van der Waals surface area contributed by atoms with Crippen LogP contribution in [0.2, 0.25) is 0 Å². The number of hydrogen-bond acceptors (Lipinski definition) is 5. The number of aliphatic hydroxyl groups is 1. The Kier molecular flexibility index (Phi) is 4.30. The van der Waals surface area contributed by atoms with Crippen molar-refractivity contribution in [1.29, 1.82) is 0 Å². The first-order valence-electron chi connectivity index (χ1n) is 6.10. The van der Waals surface area contributed by atoms with Gasteiger partial charge in [0.1, 0.15) is 5.82 Å². The normalized spacial score (nSPS) is 10.9.